The number of likely N-dealkylation sites (tertiary alicyclic amines) is 1. The van der Waals surface area contributed by atoms with Crippen molar-refractivity contribution in [3.63, 3.8) is 0 Å². The third kappa shape index (κ3) is 3.60. The third-order valence-corrected chi connectivity index (χ3v) is 5.87. The highest BCUT2D eigenvalue weighted by Gasteiger charge is 2.16. The van der Waals surface area contributed by atoms with Gasteiger partial charge in [-0.15, -0.1) is 0 Å². The van der Waals surface area contributed by atoms with E-state index in [9.17, 15) is 5.11 Å². The van der Waals surface area contributed by atoms with Crippen molar-refractivity contribution in [3.05, 3.63) is 52.1 Å². The lowest BCUT2D eigenvalue weighted by Gasteiger charge is -2.29. The summed E-state index contributed by atoms with van der Waals surface area (Å²) in [5, 5.41) is 18.7. The zero-order valence-electron chi connectivity index (χ0n) is 14.4. The molecule has 2 heterocycles. The third-order valence-electron chi connectivity index (χ3n) is 5.16. The van der Waals surface area contributed by atoms with Crippen molar-refractivity contribution in [2.24, 2.45) is 0 Å². The maximum atomic E-state index is 9.59. The molecule has 1 aromatic heterocycles. The van der Waals surface area contributed by atoms with Crippen LogP contribution in [0.5, 0.6) is 0 Å². The number of nitrogens with zero attached hydrogens (tertiary/aromatic N) is 2. The van der Waals surface area contributed by atoms with E-state index in [1.165, 1.54) is 5.56 Å². The molecule has 0 radical (unpaired) electrons. The predicted octanol–water partition coefficient (Wildman–Crippen LogP) is 4.54. The van der Waals surface area contributed by atoms with E-state index in [2.05, 4.69) is 39.4 Å². The number of hydrogen-bond donors (Lipinski definition) is 2. The highest BCUT2D eigenvalue weighted by Crippen LogP contribution is 2.37. The van der Waals surface area contributed by atoms with Gasteiger partial charge in [0.15, 0.2) is 0 Å². The van der Waals surface area contributed by atoms with Gasteiger partial charge >= 0.3 is 0 Å². The Hall–Kier alpha value is -1.59. The van der Waals surface area contributed by atoms with E-state index in [1.807, 2.05) is 6.07 Å². The summed E-state index contributed by atoms with van der Waals surface area (Å²) in [7, 11) is 0. The zero-order chi connectivity index (χ0) is 18.1. The molecule has 0 saturated carbocycles. The Kier molecular flexibility index (Phi) is 5.18. The van der Waals surface area contributed by atoms with E-state index < -0.39 is 0 Å². The first-order valence-electron chi connectivity index (χ1n) is 8.92. The van der Waals surface area contributed by atoms with Crippen LogP contribution in [0.4, 0.5) is 0 Å². The molecule has 1 saturated heterocycles. The van der Waals surface area contributed by atoms with Crippen molar-refractivity contribution >= 4 is 34.1 Å². The molecule has 2 N–H and O–H groups in total. The van der Waals surface area contributed by atoms with Crippen LogP contribution in [0.1, 0.15) is 18.4 Å². The smallest absolute Gasteiger partial charge is 0.0857 e. The van der Waals surface area contributed by atoms with Gasteiger partial charge in [0.1, 0.15) is 0 Å². The van der Waals surface area contributed by atoms with Crippen molar-refractivity contribution in [2.45, 2.75) is 25.4 Å². The summed E-state index contributed by atoms with van der Waals surface area (Å²) in [5.41, 5.74) is 4.01. The van der Waals surface area contributed by atoms with Gasteiger partial charge in [-0.05, 0) is 36.5 Å². The first-order valence-corrected chi connectivity index (χ1v) is 9.68. The summed E-state index contributed by atoms with van der Waals surface area (Å²) in [5.74, 6) is 0. The number of fused-ring (bicyclic) bond motifs is 1. The molecule has 4 nitrogen and oxygen atoms in total. The lowest BCUT2D eigenvalue weighted by atomic mass is 10.0. The Labute approximate surface area is 162 Å². The van der Waals surface area contributed by atoms with Crippen molar-refractivity contribution in [3.8, 4) is 11.1 Å². The molecule has 0 unspecified atom stereocenters. The largest absolute Gasteiger partial charge is 0.393 e. The molecule has 1 aliphatic rings. The molecule has 26 heavy (non-hydrogen) atoms. The summed E-state index contributed by atoms with van der Waals surface area (Å²) >= 11 is 12.9. The topological polar surface area (TPSA) is 52.1 Å². The summed E-state index contributed by atoms with van der Waals surface area (Å²) in [6.07, 6.45) is 4.34. The fraction of sp³-hybridized carbons (Fsp3) is 0.350. The van der Waals surface area contributed by atoms with E-state index in [-0.39, 0.29) is 6.10 Å². The highest BCUT2D eigenvalue weighted by atomic mass is 35.5. The van der Waals surface area contributed by atoms with Gasteiger partial charge in [0, 0.05) is 30.6 Å². The van der Waals surface area contributed by atoms with Crippen LogP contribution in [0.15, 0.2) is 36.5 Å². The zero-order valence-corrected chi connectivity index (χ0v) is 15.9. The number of aliphatic hydroxyl groups is 1. The van der Waals surface area contributed by atoms with Crippen molar-refractivity contribution in [2.75, 3.05) is 19.6 Å². The number of nitrogens with one attached hydrogen (secondary N) is 1. The number of H-pyrrole nitrogens is 1. The molecule has 0 atom stereocenters. The fourth-order valence-corrected chi connectivity index (χ4v) is 4.09. The Morgan fingerprint density at radius 2 is 1.88 bits per heavy atom. The van der Waals surface area contributed by atoms with Crippen molar-refractivity contribution in [1.82, 2.24) is 15.1 Å². The SMILES string of the molecule is OC1CCN(CCc2ccc(-c3cc(Cl)c4cn[nH]c4c3Cl)cc2)CC1. The molecular formula is C20H21Cl2N3O. The molecule has 6 heteroatoms. The monoisotopic (exact) mass is 389 g/mol. The molecule has 136 valence electrons. The van der Waals surface area contributed by atoms with Gasteiger partial charge in [-0.25, -0.2) is 0 Å². The maximum absolute atomic E-state index is 9.59. The number of benzene rings is 2. The molecular weight excluding hydrogens is 369 g/mol. The van der Waals surface area contributed by atoms with Crippen LogP contribution in [-0.4, -0.2) is 45.9 Å². The van der Waals surface area contributed by atoms with E-state index in [0.717, 1.165) is 60.9 Å². The standard InChI is InChI=1S/C20H21Cl2N3O/c21-18-11-16(19(22)20-17(18)12-23-24-20)14-3-1-13(2-4-14)5-8-25-9-6-15(26)7-10-25/h1-4,11-12,15,26H,5-10H2,(H,23,24). The average molecular weight is 390 g/mol. The lowest BCUT2D eigenvalue weighted by molar-refractivity contribution is 0.0832. The maximum Gasteiger partial charge on any atom is 0.0857 e. The van der Waals surface area contributed by atoms with Crippen LogP contribution in [0.25, 0.3) is 22.0 Å². The first-order chi connectivity index (χ1) is 12.6. The molecule has 3 aromatic rings. The molecule has 1 fully saturated rings. The number of hydrogen-bond acceptors (Lipinski definition) is 3. The van der Waals surface area contributed by atoms with Crippen LogP contribution >= 0.6 is 23.2 Å². The second-order valence-corrected chi connectivity index (χ2v) is 7.68. The molecule has 0 amide bonds. The summed E-state index contributed by atoms with van der Waals surface area (Å²) in [4.78, 5) is 2.42. The molecule has 2 aromatic carbocycles. The quantitative estimate of drug-likeness (QED) is 0.688. The van der Waals surface area contributed by atoms with Gasteiger partial charge in [-0.1, -0.05) is 47.5 Å². The van der Waals surface area contributed by atoms with Gasteiger partial charge < -0.3 is 10.0 Å². The minimum atomic E-state index is -0.116. The summed E-state index contributed by atoms with van der Waals surface area (Å²) < 4.78 is 0. The van der Waals surface area contributed by atoms with Crippen LogP contribution < -0.4 is 0 Å². The highest BCUT2D eigenvalue weighted by molar-refractivity contribution is 6.42. The molecule has 1 aliphatic heterocycles. The Morgan fingerprint density at radius 1 is 1.15 bits per heavy atom. The number of aliphatic hydroxyl groups excluding tert-OH is 1. The number of aromatic nitrogens is 2. The van der Waals surface area contributed by atoms with E-state index in [1.54, 1.807) is 6.20 Å². The van der Waals surface area contributed by atoms with Gasteiger partial charge in [-0.3, -0.25) is 5.10 Å². The number of halogens is 2. The molecule has 0 aliphatic carbocycles. The van der Waals surface area contributed by atoms with Crippen molar-refractivity contribution in [1.29, 1.82) is 0 Å². The van der Waals surface area contributed by atoms with Crippen molar-refractivity contribution < 1.29 is 5.11 Å². The fourth-order valence-electron chi connectivity index (χ4n) is 3.53. The predicted molar refractivity (Wildman–Crippen MR) is 107 cm³/mol. The van der Waals surface area contributed by atoms with Gasteiger partial charge in [-0.2, -0.15) is 5.10 Å². The Morgan fingerprint density at radius 3 is 2.62 bits per heavy atom. The normalized spacial score (nSPS) is 16.4. The summed E-state index contributed by atoms with van der Waals surface area (Å²) in [6.45, 7) is 2.99. The van der Waals surface area contributed by atoms with Gasteiger partial charge in [0.05, 0.1) is 27.9 Å². The van der Waals surface area contributed by atoms with Crippen LogP contribution in [0.2, 0.25) is 10.0 Å². The second-order valence-electron chi connectivity index (χ2n) is 6.90. The minimum absolute atomic E-state index is 0.116. The average Bonchev–Trinajstić information content (AvgIpc) is 3.16. The number of piperidine rings is 1. The van der Waals surface area contributed by atoms with Gasteiger partial charge in [0.2, 0.25) is 0 Å². The van der Waals surface area contributed by atoms with E-state index in [0.29, 0.717) is 10.0 Å². The van der Waals surface area contributed by atoms with E-state index >= 15 is 0 Å². The van der Waals surface area contributed by atoms with Crippen LogP contribution in [0, 0.1) is 0 Å². The Balaban J connectivity index is 1.48. The molecule has 4 rings (SSSR count). The van der Waals surface area contributed by atoms with E-state index in [4.69, 9.17) is 23.2 Å². The Bertz CT molecular complexity index is 899. The summed E-state index contributed by atoms with van der Waals surface area (Å²) in [6, 6.07) is 10.4. The molecule has 0 spiro atoms. The number of aromatic amines is 1. The second kappa shape index (κ2) is 7.57. The minimum Gasteiger partial charge on any atom is -0.393 e. The molecule has 0 bridgehead atoms. The lowest BCUT2D eigenvalue weighted by Crippen LogP contribution is -2.37. The number of rotatable bonds is 4. The first kappa shape index (κ1) is 17.8. The van der Waals surface area contributed by atoms with Crippen LogP contribution in [-0.2, 0) is 6.42 Å². The van der Waals surface area contributed by atoms with Gasteiger partial charge in [0.25, 0.3) is 0 Å². The van der Waals surface area contributed by atoms with Crippen LogP contribution in [0.3, 0.4) is 0 Å².